The monoisotopic (exact) mass is 856 g/mol. The minimum absolute atomic E-state index is 0.100. The van der Waals surface area contributed by atoms with E-state index in [0.29, 0.717) is 53.6 Å². The molecular formula is C44H58F2N4O9S. The number of sulfonamides is 1. The van der Waals surface area contributed by atoms with Gasteiger partial charge in [0.2, 0.25) is 34.1 Å². The Kier molecular flexibility index (Phi) is 11.4. The number of carbonyl (C=O) groups is 4. The van der Waals surface area contributed by atoms with Crippen LogP contribution in [-0.2, 0) is 40.4 Å². The summed E-state index contributed by atoms with van der Waals surface area (Å²) in [5.41, 5.74) is -0.942. The topological polar surface area (TPSA) is 171 Å². The van der Waals surface area contributed by atoms with E-state index in [-0.39, 0.29) is 37.3 Å². The molecule has 1 aromatic carbocycles. The number of fused-ring (bicyclic) bond motifs is 4. The highest BCUT2D eigenvalue weighted by Crippen LogP contribution is 2.59. The van der Waals surface area contributed by atoms with Gasteiger partial charge in [0.05, 0.1) is 53.7 Å². The van der Waals surface area contributed by atoms with Gasteiger partial charge in [-0.15, -0.1) is 0 Å². The summed E-state index contributed by atoms with van der Waals surface area (Å²) < 4.78 is 74.8. The fourth-order valence-electron chi connectivity index (χ4n) is 10.6. The number of aryl methyl sites for hydroxylation is 1. The minimum atomic E-state index is -4.10. The van der Waals surface area contributed by atoms with Gasteiger partial charge in [0.25, 0.3) is 0 Å². The second-order valence-electron chi connectivity index (χ2n) is 19.6. The molecule has 60 heavy (non-hydrogen) atoms. The standard InChI is InChI=1S/C44H58F2N4O9S/c1-23-36-22-50(38(23)34(51)21-44(20-30(44)39(45)46)42(54)49-60(55,56)27-12-13-27)41(53)29(43(2,3)4)19-37(52)58-35-17-24-15-25(16-24)28(35)9-7-6-8-10-32-40(59-36)48-33-18-26(57-5)11-14-31(33)47-32/h11,14,18,23-25,27-30,35-36,38-39H,6-10,12-13,15-17,19-22H2,1-5H3,(H,49,54)/t23-,24?,25?,28+,29-,30+,35+,36+,38+,44-/m1/s1. The third-order valence-corrected chi connectivity index (χ3v) is 16.3. The first-order chi connectivity index (χ1) is 28.4. The molecule has 0 radical (unpaired) electrons. The van der Waals surface area contributed by atoms with Crippen LogP contribution in [0.4, 0.5) is 8.78 Å². The van der Waals surface area contributed by atoms with Gasteiger partial charge >= 0.3 is 5.97 Å². The number of halogens is 2. The van der Waals surface area contributed by atoms with Crippen molar-refractivity contribution in [3.05, 3.63) is 23.9 Å². The van der Waals surface area contributed by atoms with E-state index in [9.17, 15) is 31.6 Å². The van der Waals surface area contributed by atoms with Crippen molar-refractivity contribution in [2.45, 2.75) is 141 Å². The first-order valence-electron chi connectivity index (χ1n) is 21.8. The maximum absolute atomic E-state index is 15.0. The molecule has 328 valence electrons. The number of methoxy groups -OCH3 is 1. The Morgan fingerprint density at radius 2 is 1.77 bits per heavy atom. The summed E-state index contributed by atoms with van der Waals surface area (Å²) in [6, 6.07) is 4.14. The van der Waals surface area contributed by atoms with Crippen LogP contribution in [0.2, 0.25) is 0 Å². The first kappa shape index (κ1) is 42.7. The van der Waals surface area contributed by atoms with Crippen LogP contribution in [0.25, 0.3) is 11.0 Å². The van der Waals surface area contributed by atoms with Crippen LogP contribution in [0, 0.1) is 46.3 Å². The molecule has 0 unspecified atom stereocenters. The SMILES string of the molecule is COc1ccc2nc3c(nc2c1)O[C@H]1CN(C(=O)[C@H](C(C)(C)C)CC(=O)O[C@H]2CC4CC(C4)[C@@H]2CCCCC3)[C@H](C(=O)C[C@]2(C(=O)NS(=O)(=O)C3CC3)C[C@H]2C(F)F)[C@@H]1C. The second-order valence-corrected chi connectivity index (χ2v) is 21.6. The van der Waals surface area contributed by atoms with E-state index in [4.69, 9.17) is 24.2 Å². The molecule has 9 rings (SSSR count). The lowest BCUT2D eigenvalue weighted by Crippen LogP contribution is -2.50. The van der Waals surface area contributed by atoms with Crippen molar-refractivity contribution in [2.75, 3.05) is 13.7 Å². The van der Waals surface area contributed by atoms with Crippen LogP contribution in [0.1, 0.15) is 110 Å². The van der Waals surface area contributed by atoms with Gasteiger partial charge in [0, 0.05) is 24.3 Å². The molecule has 2 aromatic rings. The van der Waals surface area contributed by atoms with Crippen LogP contribution in [0.3, 0.4) is 0 Å². The molecule has 8 atom stereocenters. The van der Waals surface area contributed by atoms with Gasteiger partial charge in [-0.3, -0.25) is 23.9 Å². The van der Waals surface area contributed by atoms with Gasteiger partial charge in [-0.2, -0.15) is 0 Å². The van der Waals surface area contributed by atoms with Crippen molar-refractivity contribution in [2.24, 2.45) is 46.3 Å². The average Bonchev–Trinajstić information content (AvgIpc) is 4.10. The highest BCUT2D eigenvalue weighted by atomic mass is 32.2. The maximum atomic E-state index is 15.0. The number of ketones is 1. The fraction of sp³-hybridized carbons (Fsp3) is 0.727. The molecule has 5 saturated carbocycles. The molecule has 16 heteroatoms. The lowest BCUT2D eigenvalue weighted by molar-refractivity contribution is -0.168. The third-order valence-electron chi connectivity index (χ3n) is 14.5. The summed E-state index contributed by atoms with van der Waals surface area (Å²) in [6.45, 7) is 7.17. The fourth-order valence-corrected chi connectivity index (χ4v) is 12.0. The molecule has 6 fully saturated rings. The molecule has 1 aromatic heterocycles. The van der Waals surface area contributed by atoms with Crippen LogP contribution >= 0.6 is 0 Å². The van der Waals surface area contributed by atoms with Gasteiger partial charge in [-0.25, -0.2) is 27.2 Å². The molecule has 2 amide bonds. The summed E-state index contributed by atoms with van der Waals surface area (Å²) in [5.74, 6) is -3.87. The van der Waals surface area contributed by atoms with Gasteiger partial charge in [-0.05, 0) is 93.1 Å². The largest absolute Gasteiger partial charge is 0.497 e. The van der Waals surface area contributed by atoms with E-state index < -0.39 is 92.4 Å². The third kappa shape index (κ3) is 8.34. The normalized spacial score (nSPS) is 33.7. The highest BCUT2D eigenvalue weighted by molar-refractivity contribution is 7.90. The van der Waals surface area contributed by atoms with Crippen molar-refractivity contribution < 1.29 is 50.6 Å². The summed E-state index contributed by atoms with van der Waals surface area (Å²) >= 11 is 0. The Balaban J connectivity index is 1.15. The minimum Gasteiger partial charge on any atom is -0.497 e. The van der Waals surface area contributed by atoms with Gasteiger partial charge in [0.1, 0.15) is 23.7 Å². The summed E-state index contributed by atoms with van der Waals surface area (Å²) in [6.07, 6.45) is 2.59. The van der Waals surface area contributed by atoms with E-state index in [1.807, 2.05) is 31.6 Å². The van der Waals surface area contributed by atoms with Crippen molar-refractivity contribution in [1.29, 1.82) is 0 Å². The summed E-state index contributed by atoms with van der Waals surface area (Å²) in [4.78, 5) is 68.5. The number of rotatable bonds is 8. The number of nitrogens with zero attached hydrogens (tertiary/aromatic N) is 3. The molecule has 7 aliphatic rings. The number of alkyl halides is 2. The van der Waals surface area contributed by atoms with Crippen LogP contribution in [0.15, 0.2) is 18.2 Å². The molecule has 2 aliphatic heterocycles. The predicted molar refractivity (Wildman–Crippen MR) is 215 cm³/mol. The molecule has 0 spiro atoms. The van der Waals surface area contributed by atoms with E-state index in [1.54, 1.807) is 26.2 Å². The van der Waals surface area contributed by atoms with Crippen molar-refractivity contribution in [3.8, 4) is 11.6 Å². The number of Topliss-reactive ketones (excluding diaryl/α,β-unsaturated/α-hetero) is 1. The Morgan fingerprint density at radius 3 is 2.43 bits per heavy atom. The number of esters is 1. The highest BCUT2D eigenvalue weighted by Gasteiger charge is 2.66. The van der Waals surface area contributed by atoms with Crippen LogP contribution < -0.4 is 14.2 Å². The number of ether oxygens (including phenoxy) is 3. The molecule has 3 heterocycles. The van der Waals surface area contributed by atoms with E-state index >= 15 is 4.79 Å². The van der Waals surface area contributed by atoms with Crippen LogP contribution in [0.5, 0.6) is 11.6 Å². The van der Waals surface area contributed by atoms with Gasteiger partial charge in [0.15, 0.2) is 5.78 Å². The number of hydrogen-bond donors (Lipinski definition) is 1. The summed E-state index contributed by atoms with van der Waals surface area (Å²) in [5, 5.41) is -0.780. The summed E-state index contributed by atoms with van der Waals surface area (Å²) in [7, 11) is -2.55. The van der Waals surface area contributed by atoms with E-state index in [2.05, 4.69) is 0 Å². The van der Waals surface area contributed by atoms with Gasteiger partial charge in [-0.1, -0.05) is 40.5 Å². The number of amides is 2. The van der Waals surface area contributed by atoms with Crippen LogP contribution in [-0.4, -0.2) is 90.4 Å². The quantitative estimate of drug-likeness (QED) is 0.300. The zero-order valence-corrected chi connectivity index (χ0v) is 36.0. The number of nitrogens with one attached hydrogen (secondary N) is 1. The number of carbonyl (C=O) groups excluding carboxylic acids is 4. The molecule has 4 bridgehead atoms. The second kappa shape index (κ2) is 16.1. The van der Waals surface area contributed by atoms with E-state index in [0.717, 1.165) is 44.9 Å². The predicted octanol–water partition coefficient (Wildman–Crippen LogP) is 6.20. The van der Waals surface area contributed by atoms with Crippen molar-refractivity contribution in [3.63, 3.8) is 0 Å². The molecular weight excluding hydrogens is 799 g/mol. The lowest BCUT2D eigenvalue weighted by atomic mass is 9.57. The zero-order valence-electron chi connectivity index (χ0n) is 35.2. The lowest BCUT2D eigenvalue weighted by Gasteiger charge is -2.50. The Bertz CT molecular complexity index is 2140. The average molecular weight is 857 g/mol. The Hall–Kier alpha value is -3.95. The Labute approximate surface area is 350 Å². The molecule has 5 aliphatic carbocycles. The molecule has 1 saturated heterocycles. The molecule has 13 nitrogen and oxygen atoms in total. The number of benzene rings is 1. The zero-order chi connectivity index (χ0) is 42.9. The smallest absolute Gasteiger partial charge is 0.306 e. The molecule has 1 N–H and O–H groups in total. The van der Waals surface area contributed by atoms with Crippen molar-refractivity contribution >= 4 is 44.6 Å². The van der Waals surface area contributed by atoms with Gasteiger partial charge < -0.3 is 19.1 Å². The number of hydrogen-bond acceptors (Lipinski definition) is 11. The maximum Gasteiger partial charge on any atom is 0.306 e. The van der Waals surface area contributed by atoms with E-state index in [1.165, 1.54) is 4.90 Å². The Morgan fingerprint density at radius 1 is 1.02 bits per heavy atom. The van der Waals surface area contributed by atoms with Crippen molar-refractivity contribution in [1.82, 2.24) is 19.6 Å². The number of aromatic nitrogens is 2. The first-order valence-corrected chi connectivity index (χ1v) is 23.3.